The first-order valence-corrected chi connectivity index (χ1v) is 8.06. The third kappa shape index (κ3) is 6.00. The summed E-state index contributed by atoms with van der Waals surface area (Å²) >= 11 is 0. The number of benzene rings is 1. The molecule has 0 heterocycles. The van der Waals surface area contributed by atoms with Crippen molar-refractivity contribution in [2.24, 2.45) is 0 Å². The molecule has 0 aliphatic rings. The highest BCUT2D eigenvalue weighted by atomic mass is 32.2. The van der Waals surface area contributed by atoms with Gasteiger partial charge in [-0.2, -0.15) is 4.31 Å². The van der Waals surface area contributed by atoms with E-state index in [1.54, 1.807) is 6.08 Å². The van der Waals surface area contributed by atoms with Crippen molar-refractivity contribution >= 4 is 10.0 Å². The lowest BCUT2D eigenvalue weighted by atomic mass is 10.2. The summed E-state index contributed by atoms with van der Waals surface area (Å²) in [6, 6.07) is 9.35. The standard InChI is InChI=1S/C14H21NO3S/c1-3-4-10-14(16)12-15(19(2,17)18)11-13-8-6-5-7-9-13/h3,5-9,14,16H,1,4,10-12H2,2H3/t14-/m1/s1. The summed E-state index contributed by atoms with van der Waals surface area (Å²) in [6.07, 6.45) is 3.40. The summed E-state index contributed by atoms with van der Waals surface area (Å²) in [5, 5.41) is 9.84. The molecule has 5 heteroatoms. The van der Waals surface area contributed by atoms with Gasteiger partial charge in [-0.3, -0.25) is 0 Å². The van der Waals surface area contributed by atoms with Gasteiger partial charge < -0.3 is 5.11 Å². The second-order valence-corrected chi connectivity index (χ2v) is 6.54. The lowest BCUT2D eigenvalue weighted by molar-refractivity contribution is 0.136. The van der Waals surface area contributed by atoms with E-state index in [4.69, 9.17) is 0 Å². The summed E-state index contributed by atoms with van der Waals surface area (Å²) < 4.78 is 24.8. The minimum Gasteiger partial charge on any atom is -0.392 e. The van der Waals surface area contributed by atoms with Crippen LogP contribution in [0.2, 0.25) is 0 Å². The third-order valence-corrected chi connectivity index (χ3v) is 4.01. The van der Waals surface area contributed by atoms with Gasteiger partial charge in [-0.25, -0.2) is 8.42 Å². The number of allylic oxidation sites excluding steroid dienone is 1. The molecule has 0 spiro atoms. The van der Waals surface area contributed by atoms with Gasteiger partial charge in [-0.1, -0.05) is 36.4 Å². The second-order valence-electron chi connectivity index (χ2n) is 4.56. The van der Waals surface area contributed by atoms with Crippen molar-refractivity contribution in [1.29, 1.82) is 0 Å². The number of aliphatic hydroxyl groups excluding tert-OH is 1. The van der Waals surface area contributed by atoms with Crippen LogP contribution < -0.4 is 0 Å². The summed E-state index contributed by atoms with van der Waals surface area (Å²) in [7, 11) is -3.34. The van der Waals surface area contributed by atoms with Crippen LogP contribution in [-0.2, 0) is 16.6 Å². The van der Waals surface area contributed by atoms with Gasteiger partial charge in [0.05, 0.1) is 12.4 Å². The highest BCUT2D eigenvalue weighted by molar-refractivity contribution is 7.88. The van der Waals surface area contributed by atoms with Crippen molar-refractivity contribution in [3.63, 3.8) is 0 Å². The average molecular weight is 283 g/mol. The molecule has 19 heavy (non-hydrogen) atoms. The van der Waals surface area contributed by atoms with Gasteiger partial charge in [0.2, 0.25) is 10.0 Å². The fourth-order valence-electron chi connectivity index (χ4n) is 1.74. The van der Waals surface area contributed by atoms with Crippen molar-refractivity contribution in [2.75, 3.05) is 12.8 Å². The van der Waals surface area contributed by atoms with Crippen LogP contribution in [0.3, 0.4) is 0 Å². The van der Waals surface area contributed by atoms with Crippen LogP contribution in [0.4, 0.5) is 0 Å². The van der Waals surface area contributed by atoms with Gasteiger partial charge in [0.15, 0.2) is 0 Å². The van der Waals surface area contributed by atoms with Crippen LogP contribution in [0.25, 0.3) is 0 Å². The lowest BCUT2D eigenvalue weighted by Crippen LogP contribution is -2.36. The van der Waals surface area contributed by atoms with E-state index in [9.17, 15) is 13.5 Å². The molecular weight excluding hydrogens is 262 g/mol. The average Bonchev–Trinajstić information content (AvgIpc) is 2.36. The van der Waals surface area contributed by atoms with E-state index < -0.39 is 16.1 Å². The van der Waals surface area contributed by atoms with Crippen LogP contribution in [0.1, 0.15) is 18.4 Å². The van der Waals surface area contributed by atoms with Crippen molar-refractivity contribution in [3.05, 3.63) is 48.6 Å². The van der Waals surface area contributed by atoms with E-state index in [0.717, 1.165) is 11.8 Å². The second kappa shape index (κ2) is 7.43. The first-order chi connectivity index (χ1) is 8.93. The van der Waals surface area contributed by atoms with Gasteiger partial charge in [-0.15, -0.1) is 6.58 Å². The van der Waals surface area contributed by atoms with Crippen LogP contribution in [0.5, 0.6) is 0 Å². The molecule has 1 atom stereocenters. The van der Waals surface area contributed by atoms with Crippen LogP contribution >= 0.6 is 0 Å². The van der Waals surface area contributed by atoms with Gasteiger partial charge in [0, 0.05) is 13.1 Å². The normalized spacial score (nSPS) is 13.4. The number of sulfonamides is 1. The third-order valence-electron chi connectivity index (χ3n) is 2.79. The Bertz CT molecular complexity index is 485. The molecule has 0 radical (unpaired) electrons. The summed E-state index contributed by atoms with van der Waals surface area (Å²) in [5.74, 6) is 0. The maximum absolute atomic E-state index is 11.7. The maximum Gasteiger partial charge on any atom is 0.211 e. The predicted molar refractivity (Wildman–Crippen MR) is 77.1 cm³/mol. The molecule has 0 saturated carbocycles. The highest BCUT2D eigenvalue weighted by Gasteiger charge is 2.20. The molecule has 1 rings (SSSR count). The van der Waals surface area contributed by atoms with Crippen LogP contribution in [-0.4, -0.2) is 36.7 Å². The quantitative estimate of drug-likeness (QED) is 0.740. The molecule has 1 aromatic carbocycles. The highest BCUT2D eigenvalue weighted by Crippen LogP contribution is 2.11. The zero-order valence-corrected chi connectivity index (χ0v) is 12.0. The molecule has 0 bridgehead atoms. The Morgan fingerprint density at radius 2 is 2.00 bits per heavy atom. The zero-order valence-electron chi connectivity index (χ0n) is 11.2. The Morgan fingerprint density at radius 3 is 2.53 bits per heavy atom. The van der Waals surface area contributed by atoms with E-state index in [0.29, 0.717) is 12.8 Å². The zero-order chi connectivity index (χ0) is 14.3. The molecule has 0 amide bonds. The number of nitrogens with zero attached hydrogens (tertiary/aromatic N) is 1. The SMILES string of the molecule is C=CCC[C@@H](O)CN(Cc1ccccc1)S(C)(=O)=O. The molecule has 0 unspecified atom stereocenters. The Kier molecular flexibility index (Phi) is 6.21. The molecule has 1 N–H and O–H groups in total. The number of aliphatic hydroxyl groups is 1. The Morgan fingerprint density at radius 1 is 1.37 bits per heavy atom. The Labute approximate surface area is 115 Å². The first kappa shape index (κ1) is 15.9. The molecule has 0 aromatic heterocycles. The monoisotopic (exact) mass is 283 g/mol. The van der Waals surface area contributed by atoms with Gasteiger partial charge in [0.1, 0.15) is 0 Å². The maximum atomic E-state index is 11.7. The Hall–Kier alpha value is -1.17. The first-order valence-electron chi connectivity index (χ1n) is 6.21. The minimum atomic E-state index is -3.34. The topological polar surface area (TPSA) is 57.6 Å². The lowest BCUT2D eigenvalue weighted by Gasteiger charge is -2.22. The van der Waals surface area contributed by atoms with E-state index in [2.05, 4.69) is 6.58 Å². The number of rotatable bonds is 8. The van der Waals surface area contributed by atoms with Crippen molar-refractivity contribution < 1.29 is 13.5 Å². The fraction of sp³-hybridized carbons (Fsp3) is 0.429. The minimum absolute atomic E-state index is 0.113. The predicted octanol–water partition coefficient (Wildman–Crippen LogP) is 1.78. The van der Waals surface area contributed by atoms with Gasteiger partial charge >= 0.3 is 0 Å². The molecular formula is C14H21NO3S. The summed E-state index contributed by atoms with van der Waals surface area (Å²) in [5.41, 5.74) is 0.906. The van der Waals surface area contributed by atoms with E-state index >= 15 is 0 Å². The van der Waals surface area contributed by atoms with E-state index in [1.807, 2.05) is 30.3 Å². The van der Waals surface area contributed by atoms with Gasteiger partial charge in [-0.05, 0) is 18.4 Å². The largest absolute Gasteiger partial charge is 0.392 e. The smallest absolute Gasteiger partial charge is 0.211 e. The molecule has 0 fully saturated rings. The van der Waals surface area contributed by atoms with Crippen LogP contribution in [0.15, 0.2) is 43.0 Å². The molecule has 0 aliphatic heterocycles. The van der Waals surface area contributed by atoms with E-state index in [1.165, 1.54) is 4.31 Å². The van der Waals surface area contributed by atoms with Gasteiger partial charge in [0.25, 0.3) is 0 Å². The molecule has 4 nitrogen and oxygen atoms in total. The summed E-state index contributed by atoms with van der Waals surface area (Å²) in [6.45, 7) is 3.98. The molecule has 0 aliphatic carbocycles. The van der Waals surface area contributed by atoms with Crippen LogP contribution in [0, 0.1) is 0 Å². The molecule has 1 aromatic rings. The Balaban J connectivity index is 2.71. The van der Waals surface area contributed by atoms with Crippen molar-refractivity contribution in [3.8, 4) is 0 Å². The number of hydrogen-bond acceptors (Lipinski definition) is 3. The molecule has 106 valence electrons. The number of hydrogen-bond donors (Lipinski definition) is 1. The fourth-order valence-corrected chi connectivity index (χ4v) is 2.57. The van der Waals surface area contributed by atoms with Crippen molar-refractivity contribution in [2.45, 2.75) is 25.5 Å². The summed E-state index contributed by atoms with van der Waals surface area (Å²) in [4.78, 5) is 0. The van der Waals surface area contributed by atoms with E-state index in [-0.39, 0.29) is 13.1 Å². The van der Waals surface area contributed by atoms with Crippen molar-refractivity contribution in [1.82, 2.24) is 4.31 Å². The molecule has 0 saturated heterocycles.